The molecule has 0 saturated heterocycles. The molecular weight excluding hydrogens is 188 g/mol. The molecule has 0 aliphatic carbocycles. The fraction of sp³-hybridized carbons (Fsp3) is 0.889. The van der Waals surface area contributed by atoms with Crippen molar-refractivity contribution in [1.29, 1.82) is 0 Å². The second-order valence-electron chi connectivity index (χ2n) is 3.40. The highest BCUT2D eigenvalue weighted by Crippen LogP contribution is 2.22. The Morgan fingerprint density at radius 1 is 1.54 bits per heavy atom. The van der Waals surface area contributed by atoms with Gasteiger partial charge in [-0.1, -0.05) is 13.8 Å². The van der Waals surface area contributed by atoms with Gasteiger partial charge >= 0.3 is 5.97 Å². The molecule has 0 aromatic carbocycles. The summed E-state index contributed by atoms with van der Waals surface area (Å²) >= 11 is 1.31. The zero-order valence-corrected chi connectivity index (χ0v) is 9.23. The molecule has 0 amide bonds. The zero-order chi connectivity index (χ0) is 10.5. The smallest absolute Gasteiger partial charge is 0.316 e. The third-order valence-electron chi connectivity index (χ3n) is 2.00. The lowest BCUT2D eigenvalue weighted by Gasteiger charge is -2.22. The molecule has 13 heavy (non-hydrogen) atoms. The molecule has 78 valence electrons. The molecule has 0 aromatic heterocycles. The largest absolute Gasteiger partial charge is 0.480 e. The van der Waals surface area contributed by atoms with Gasteiger partial charge in [0.25, 0.3) is 0 Å². The van der Waals surface area contributed by atoms with Gasteiger partial charge in [0.1, 0.15) is 5.25 Å². The number of hydrogen-bond donors (Lipinski definition) is 2. The van der Waals surface area contributed by atoms with Gasteiger partial charge in [0.15, 0.2) is 0 Å². The molecule has 0 aliphatic heterocycles. The molecule has 0 heterocycles. The van der Waals surface area contributed by atoms with Gasteiger partial charge in [0.2, 0.25) is 0 Å². The Morgan fingerprint density at radius 2 is 2.08 bits per heavy atom. The van der Waals surface area contributed by atoms with Crippen LogP contribution in [0.2, 0.25) is 0 Å². The van der Waals surface area contributed by atoms with Crippen molar-refractivity contribution in [1.82, 2.24) is 0 Å². The van der Waals surface area contributed by atoms with Crippen molar-refractivity contribution < 1.29 is 15.0 Å². The molecule has 0 aromatic rings. The second kappa shape index (κ2) is 5.50. The molecule has 0 saturated carbocycles. The average molecular weight is 206 g/mol. The first-order valence-corrected chi connectivity index (χ1v) is 5.54. The van der Waals surface area contributed by atoms with E-state index in [9.17, 15) is 9.90 Å². The van der Waals surface area contributed by atoms with E-state index >= 15 is 0 Å². The summed E-state index contributed by atoms with van der Waals surface area (Å²) in [5, 5.41) is 18.0. The zero-order valence-electron chi connectivity index (χ0n) is 8.41. The average Bonchev–Trinajstić information content (AvgIpc) is 2.05. The minimum absolute atomic E-state index is 0.391. The van der Waals surface area contributed by atoms with Crippen molar-refractivity contribution in [2.75, 3.05) is 5.75 Å². The van der Waals surface area contributed by atoms with Gasteiger partial charge in [-0.05, 0) is 19.8 Å². The van der Waals surface area contributed by atoms with Crippen LogP contribution < -0.4 is 0 Å². The Balaban J connectivity index is 3.92. The molecule has 0 rings (SSSR count). The Kier molecular flexibility index (Phi) is 5.40. The monoisotopic (exact) mass is 206 g/mol. The maximum absolute atomic E-state index is 10.6. The highest BCUT2D eigenvalue weighted by Gasteiger charge is 2.22. The summed E-state index contributed by atoms with van der Waals surface area (Å²) in [6.45, 7) is 5.46. The summed E-state index contributed by atoms with van der Waals surface area (Å²) in [7, 11) is 0. The van der Waals surface area contributed by atoms with E-state index in [1.54, 1.807) is 6.92 Å². The van der Waals surface area contributed by atoms with E-state index < -0.39 is 16.8 Å². The number of carboxylic acid groups (broad SMARTS) is 1. The first-order chi connectivity index (χ1) is 5.93. The van der Waals surface area contributed by atoms with Crippen molar-refractivity contribution in [3.05, 3.63) is 0 Å². The Bertz CT molecular complexity index is 168. The minimum Gasteiger partial charge on any atom is -0.480 e. The van der Waals surface area contributed by atoms with Crippen LogP contribution in [0.25, 0.3) is 0 Å². The van der Waals surface area contributed by atoms with Crippen LogP contribution in [0, 0.1) is 0 Å². The van der Waals surface area contributed by atoms with Crippen LogP contribution in [0.3, 0.4) is 0 Å². The van der Waals surface area contributed by atoms with Gasteiger partial charge in [0.05, 0.1) is 5.60 Å². The van der Waals surface area contributed by atoms with Crippen LogP contribution in [0.4, 0.5) is 0 Å². The summed E-state index contributed by atoms with van der Waals surface area (Å²) in [5.74, 6) is -0.312. The van der Waals surface area contributed by atoms with Gasteiger partial charge in [-0.3, -0.25) is 4.79 Å². The predicted molar refractivity (Wildman–Crippen MR) is 55.1 cm³/mol. The summed E-state index contributed by atoms with van der Waals surface area (Å²) < 4.78 is 0. The number of carbonyl (C=O) groups is 1. The molecule has 0 radical (unpaired) electrons. The number of thioether (sulfide) groups is 1. The van der Waals surface area contributed by atoms with Gasteiger partial charge in [0, 0.05) is 5.75 Å². The Labute approximate surface area is 83.5 Å². The highest BCUT2D eigenvalue weighted by molar-refractivity contribution is 8.00. The van der Waals surface area contributed by atoms with E-state index in [0.717, 1.165) is 0 Å². The topological polar surface area (TPSA) is 57.5 Å². The van der Waals surface area contributed by atoms with E-state index in [-0.39, 0.29) is 0 Å². The molecule has 0 fully saturated rings. The van der Waals surface area contributed by atoms with Crippen LogP contribution in [0.1, 0.15) is 33.6 Å². The van der Waals surface area contributed by atoms with Crippen LogP contribution >= 0.6 is 11.8 Å². The SMILES string of the molecule is CCC(SCC(C)(O)CC)C(=O)O. The number of rotatable bonds is 6. The lowest BCUT2D eigenvalue weighted by atomic mass is 10.1. The van der Waals surface area contributed by atoms with Crippen molar-refractivity contribution >= 4 is 17.7 Å². The van der Waals surface area contributed by atoms with E-state index in [0.29, 0.717) is 18.6 Å². The van der Waals surface area contributed by atoms with E-state index in [2.05, 4.69) is 0 Å². The van der Waals surface area contributed by atoms with E-state index in [1.807, 2.05) is 13.8 Å². The van der Waals surface area contributed by atoms with Crippen molar-refractivity contribution in [3.63, 3.8) is 0 Å². The number of aliphatic carboxylic acids is 1. The molecular formula is C9H18O3S. The maximum atomic E-state index is 10.6. The first kappa shape index (κ1) is 12.8. The molecule has 0 bridgehead atoms. The molecule has 4 heteroatoms. The molecule has 2 unspecified atom stereocenters. The minimum atomic E-state index is -0.792. The molecule has 0 spiro atoms. The lowest BCUT2D eigenvalue weighted by Crippen LogP contribution is -2.28. The van der Waals surface area contributed by atoms with Crippen LogP contribution in [0.15, 0.2) is 0 Å². The van der Waals surface area contributed by atoms with Gasteiger partial charge in [-0.15, -0.1) is 11.8 Å². The van der Waals surface area contributed by atoms with Gasteiger partial charge in [-0.25, -0.2) is 0 Å². The summed E-state index contributed by atoms with van der Waals surface area (Å²) in [6, 6.07) is 0. The quantitative estimate of drug-likeness (QED) is 0.695. The predicted octanol–water partition coefficient (Wildman–Crippen LogP) is 1.74. The number of aliphatic hydroxyl groups is 1. The normalized spacial score (nSPS) is 17.8. The first-order valence-electron chi connectivity index (χ1n) is 4.49. The number of carboxylic acids is 1. The van der Waals surface area contributed by atoms with Crippen molar-refractivity contribution in [2.45, 2.75) is 44.5 Å². The van der Waals surface area contributed by atoms with Crippen LogP contribution in [-0.2, 0) is 4.79 Å². The molecule has 2 N–H and O–H groups in total. The second-order valence-corrected chi connectivity index (χ2v) is 4.59. The summed E-state index contributed by atoms with van der Waals surface area (Å²) in [5.41, 5.74) is -0.743. The fourth-order valence-electron chi connectivity index (χ4n) is 0.746. The van der Waals surface area contributed by atoms with Crippen LogP contribution in [-0.4, -0.2) is 32.8 Å². The van der Waals surface area contributed by atoms with Crippen molar-refractivity contribution in [2.24, 2.45) is 0 Å². The molecule has 3 nitrogen and oxygen atoms in total. The van der Waals surface area contributed by atoms with Crippen LogP contribution in [0.5, 0.6) is 0 Å². The molecule has 0 aliphatic rings. The summed E-state index contributed by atoms with van der Waals surface area (Å²) in [4.78, 5) is 10.6. The van der Waals surface area contributed by atoms with Gasteiger partial charge in [-0.2, -0.15) is 0 Å². The van der Waals surface area contributed by atoms with Crippen molar-refractivity contribution in [3.8, 4) is 0 Å². The molecule has 2 atom stereocenters. The third-order valence-corrected chi connectivity index (χ3v) is 3.73. The van der Waals surface area contributed by atoms with Gasteiger partial charge < -0.3 is 10.2 Å². The lowest BCUT2D eigenvalue weighted by molar-refractivity contribution is -0.136. The Morgan fingerprint density at radius 3 is 2.38 bits per heavy atom. The van der Waals surface area contributed by atoms with E-state index in [1.165, 1.54) is 11.8 Å². The fourth-order valence-corrected chi connectivity index (χ4v) is 1.89. The maximum Gasteiger partial charge on any atom is 0.316 e. The van der Waals surface area contributed by atoms with E-state index in [4.69, 9.17) is 5.11 Å². The number of hydrogen-bond acceptors (Lipinski definition) is 3. The standard InChI is InChI=1S/C9H18O3S/c1-4-7(8(10)11)13-6-9(3,12)5-2/h7,12H,4-6H2,1-3H3,(H,10,11). The third kappa shape index (κ3) is 5.16. The highest BCUT2D eigenvalue weighted by atomic mass is 32.2. The Hall–Kier alpha value is -0.220. The summed E-state index contributed by atoms with van der Waals surface area (Å²) in [6.07, 6.45) is 1.25.